The first-order chi connectivity index (χ1) is 9.17. The molecule has 0 aliphatic heterocycles. The summed E-state index contributed by atoms with van der Waals surface area (Å²) in [4.78, 5) is 0. The van der Waals surface area contributed by atoms with Crippen LogP contribution >= 0.6 is 0 Å². The van der Waals surface area contributed by atoms with Gasteiger partial charge in [-0.15, -0.1) is 0 Å². The summed E-state index contributed by atoms with van der Waals surface area (Å²) < 4.78 is 46.8. The highest BCUT2D eigenvalue weighted by atomic mass is 19.4. The van der Waals surface area contributed by atoms with Gasteiger partial charge in [-0.3, -0.25) is 0 Å². The third-order valence-electron chi connectivity index (χ3n) is 2.98. The first kappa shape index (κ1) is 16.6. The number of hydrogen-bond donors (Lipinski definition) is 1. The lowest BCUT2D eigenvalue weighted by molar-refractivity contribution is -0.145. The Morgan fingerprint density at radius 3 is 2.15 bits per heavy atom. The van der Waals surface area contributed by atoms with E-state index in [1.54, 1.807) is 18.2 Å². The predicted molar refractivity (Wildman–Crippen MR) is 69.2 cm³/mol. The number of benzene rings is 1. The van der Waals surface area contributed by atoms with Crippen LogP contribution in [0.3, 0.4) is 0 Å². The fourth-order valence-corrected chi connectivity index (χ4v) is 1.93. The number of methoxy groups -OCH3 is 2. The standard InChI is InChI=1S/C14H19F3O3/c1-13(18,6-7-14(15,16)17)9-10-4-5-11(19-2)12(8-10)20-3/h4-5,8,18H,6-7,9H2,1-3H3. The molecule has 1 atom stereocenters. The van der Waals surface area contributed by atoms with Gasteiger partial charge >= 0.3 is 6.18 Å². The average Bonchev–Trinajstić information content (AvgIpc) is 2.35. The molecule has 1 unspecified atom stereocenters. The second-order valence-electron chi connectivity index (χ2n) is 4.98. The summed E-state index contributed by atoms with van der Waals surface area (Å²) in [6, 6.07) is 5.01. The second kappa shape index (κ2) is 6.35. The van der Waals surface area contributed by atoms with E-state index in [-0.39, 0.29) is 12.8 Å². The highest BCUT2D eigenvalue weighted by Crippen LogP contribution is 2.31. The van der Waals surface area contributed by atoms with Crippen molar-refractivity contribution in [3.8, 4) is 11.5 Å². The fourth-order valence-electron chi connectivity index (χ4n) is 1.93. The van der Waals surface area contributed by atoms with Crippen LogP contribution in [-0.2, 0) is 6.42 Å². The van der Waals surface area contributed by atoms with E-state index in [1.165, 1.54) is 21.1 Å². The number of aliphatic hydroxyl groups is 1. The van der Waals surface area contributed by atoms with E-state index in [2.05, 4.69) is 0 Å². The van der Waals surface area contributed by atoms with Crippen molar-refractivity contribution in [2.75, 3.05) is 14.2 Å². The zero-order chi connectivity index (χ0) is 15.4. The van der Waals surface area contributed by atoms with Crippen LogP contribution in [0.15, 0.2) is 18.2 Å². The Bertz CT molecular complexity index is 442. The maximum atomic E-state index is 12.2. The van der Waals surface area contributed by atoms with Crippen molar-refractivity contribution < 1.29 is 27.8 Å². The van der Waals surface area contributed by atoms with Crippen LogP contribution in [0.25, 0.3) is 0 Å². The first-order valence-electron chi connectivity index (χ1n) is 6.17. The van der Waals surface area contributed by atoms with Crippen molar-refractivity contribution in [2.45, 2.75) is 38.0 Å². The fraction of sp³-hybridized carbons (Fsp3) is 0.571. The van der Waals surface area contributed by atoms with Crippen molar-refractivity contribution in [3.05, 3.63) is 23.8 Å². The number of halogens is 3. The van der Waals surface area contributed by atoms with Gasteiger partial charge in [0.15, 0.2) is 11.5 Å². The average molecular weight is 292 g/mol. The molecular weight excluding hydrogens is 273 g/mol. The minimum Gasteiger partial charge on any atom is -0.493 e. The van der Waals surface area contributed by atoms with E-state index in [0.717, 1.165) is 0 Å². The molecule has 1 N–H and O–H groups in total. The first-order valence-corrected chi connectivity index (χ1v) is 6.17. The normalized spacial score (nSPS) is 14.8. The minimum atomic E-state index is -4.26. The van der Waals surface area contributed by atoms with Gasteiger partial charge in [-0.25, -0.2) is 0 Å². The summed E-state index contributed by atoms with van der Waals surface area (Å²) in [5.41, 5.74) is -0.732. The lowest BCUT2D eigenvalue weighted by atomic mass is 9.91. The van der Waals surface area contributed by atoms with Crippen LogP contribution in [0.5, 0.6) is 11.5 Å². The van der Waals surface area contributed by atoms with E-state index in [0.29, 0.717) is 17.1 Å². The number of hydrogen-bond acceptors (Lipinski definition) is 3. The molecule has 0 bridgehead atoms. The summed E-state index contributed by atoms with van der Waals surface area (Å²) in [5, 5.41) is 10.0. The second-order valence-corrected chi connectivity index (χ2v) is 4.98. The Morgan fingerprint density at radius 1 is 1.05 bits per heavy atom. The largest absolute Gasteiger partial charge is 0.493 e. The molecule has 0 aliphatic carbocycles. The van der Waals surface area contributed by atoms with Crippen LogP contribution < -0.4 is 9.47 Å². The van der Waals surface area contributed by atoms with E-state index in [1.807, 2.05) is 0 Å². The highest BCUT2D eigenvalue weighted by Gasteiger charge is 2.32. The van der Waals surface area contributed by atoms with Crippen molar-refractivity contribution in [3.63, 3.8) is 0 Å². The molecule has 0 aliphatic rings. The molecule has 0 heterocycles. The maximum Gasteiger partial charge on any atom is 0.389 e. The van der Waals surface area contributed by atoms with Gasteiger partial charge in [0, 0.05) is 12.8 Å². The molecule has 0 spiro atoms. The van der Waals surface area contributed by atoms with Crippen LogP contribution in [0.1, 0.15) is 25.3 Å². The highest BCUT2D eigenvalue weighted by molar-refractivity contribution is 5.43. The molecule has 0 fully saturated rings. The van der Waals surface area contributed by atoms with Crippen LogP contribution in [0.4, 0.5) is 13.2 Å². The van der Waals surface area contributed by atoms with E-state index < -0.39 is 18.2 Å². The molecule has 114 valence electrons. The van der Waals surface area contributed by atoms with E-state index >= 15 is 0 Å². The molecule has 0 saturated carbocycles. The topological polar surface area (TPSA) is 38.7 Å². The molecule has 1 aromatic carbocycles. The van der Waals surface area contributed by atoms with Gasteiger partial charge < -0.3 is 14.6 Å². The van der Waals surface area contributed by atoms with Gasteiger partial charge in [0.25, 0.3) is 0 Å². The molecule has 0 aromatic heterocycles. The number of alkyl halides is 3. The Hall–Kier alpha value is -1.43. The Kier molecular flexibility index (Phi) is 5.28. The number of rotatable bonds is 6. The molecule has 3 nitrogen and oxygen atoms in total. The smallest absolute Gasteiger partial charge is 0.389 e. The SMILES string of the molecule is COc1ccc(CC(C)(O)CCC(F)(F)F)cc1OC. The molecule has 0 radical (unpaired) electrons. The quantitative estimate of drug-likeness (QED) is 0.874. The van der Waals surface area contributed by atoms with Crippen LogP contribution in [0.2, 0.25) is 0 Å². The predicted octanol–water partition coefficient (Wildman–Crippen LogP) is 3.34. The van der Waals surface area contributed by atoms with Gasteiger partial charge in [-0.2, -0.15) is 13.2 Å². The lowest BCUT2D eigenvalue weighted by Crippen LogP contribution is -2.29. The number of ether oxygens (including phenoxy) is 2. The van der Waals surface area contributed by atoms with Crippen molar-refractivity contribution >= 4 is 0 Å². The molecular formula is C14H19F3O3. The maximum absolute atomic E-state index is 12.2. The van der Waals surface area contributed by atoms with Crippen molar-refractivity contribution in [1.29, 1.82) is 0 Å². The summed E-state index contributed by atoms with van der Waals surface area (Å²) in [5.74, 6) is 1.02. The zero-order valence-corrected chi connectivity index (χ0v) is 11.8. The van der Waals surface area contributed by atoms with Gasteiger partial charge in [0.2, 0.25) is 0 Å². The summed E-state index contributed by atoms with van der Waals surface area (Å²) >= 11 is 0. The molecule has 1 rings (SSSR count). The molecule has 1 aromatic rings. The Balaban J connectivity index is 2.76. The van der Waals surface area contributed by atoms with Gasteiger partial charge in [0.05, 0.1) is 19.8 Å². The minimum absolute atomic E-state index is 0.115. The molecule has 20 heavy (non-hydrogen) atoms. The Morgan fingerprint density at radius 2 is 1.65 bits per heavy atom. The van der Waals surface area contributed by atoms with Crippen LogP contribution in [-0.4, -0.2) is 31.1 Å². The monoisotopic (exact) mass is 292 g/mol. The van der Waals surface area contributed by atoms with Gasteiger partial charge in [-0.1, -0.05) is 6.07 Å². The summed E-state index contributed by atoms with van der Waals surface area (Å²) in [6.07, 6.45) is -5.50. The van der Waals surface area contributed by atoms with Crippen molar-refractivity contribution in [2.24, 2.45) is 0 Å². The van der Waals surface area contributed by atoms with E-state index in [9.17, 15) is 18.3 Å². The lowest BCUT2D eigenvalue weighted by Gasteiger charge is -2.24. The summed E-state index contributed by atoms with van der Waals surface area (Å²) in [7, 11) is 2.97. The van der Waals surface area contributed by atoms with Crippen LogP contribution in [0, 0.1) is 0 Å². The summed E-state index contributed by atoms with van der Waals surface area (Å²) in [6.45, 7) is 1.40. The third-order valence-corrected chi connectivity index (χ3v) is 2.98. The zero-order valence-electron chi connectivity index (χ0n) is 11.8. The molecule has 0 amide bonds. The van der Waals surface area contributed by atoms with E-state index in [4.69, 9.17) is 9.47 Å². The molecule has 0 saturated heterocycles. The van der Waals surface area contributed by atoms with Gasteiger partial charge in [-0.05, 0) is 31.0 Å². The molecule has 6 heteroatoms. The van der Waals surface area contributed by atoms with Crippen molar-refractivity contribution in [1.82, 2.24) is 0 Å². The Labute approximate surface area is 116 Å². The van der Waals surface area contributed by atoms with Gasteiger partial charge in [0.1, 0.15) is 0 Å². The third kappa shape index (κ3) is 5.28.